The molecule has 0 aliphatic heterocycles. The van der Waals surface area contributed by atoms with E-state index in [0.717, 1.165) is 18.2 Å². The van der Waals surface area contributed by atoms with Crippen molar-refractivity contribution in [1.29, 1.82) is 0 Å². The highest BCUT2D eigenvalue weighted by Gasteiger charge is 2.43. The fraction of sp³-hybridized carbons (Fsp3) is 0.400. The average molecular weight is 253 g/mol. The Morgan fingerprint density at radius 1 is 1.35 bits per heavy atom. The Morgan fingerprint density at radius 2 is 1.94 bits per heavy atom. The van der Waals surface area contributed by atoms with Crippen molar-refractivity contribution >= 4 is 0 Å². The van der Waals surface area contributed by atoms with Gasteiger partial charge in [0.2, 0.25) is 0 Å². The molecule has 0 aliphatic carbocycles. The predicted octanol–water partition coefficient (Wildman–Crippen LogP) is 1.76. The fourth-order valence-electron chi connectivity index (χ4n) is 1.34. The topological polar surface area (TPSA) is 55.5 Å². The van der Waals surface area contributed by atoms with Crippen molar-refractivity contribution in [3.8, 4) is 5.75 Å². The summed E-state index contributed by atoms with van der Waals surface area (Å²) < 4.78 is 54.5. The Kier molecular flexibility index (Phi) is 3.94. The van der Waals surface area contributed by atoms with Crippen LogP contribution in [0, 0.1) is 5.82 Å². The molecular formula is C10H11F4NO2. The molecule has 0 aromatic heterocycles. The van der Waals surface area contributed by atoms with Crippen molar-refractivity contribution < 1.29 is 27.4 Å². The summed E-state index contributed by atoms with van der Waals surface area (Å²) in [5.74, 6) is -0.771. The monoisotopic (exact) mass is 253 g/mol. The number of hydrogen-bond donors (Lipinski definition) is 2. The van der Waals surface area contributed by atoms with Crippen molar-refractivity contribution in [2.75, 3.05) is 7.11 Å². The minimum atomic E-state index is -4.88. The first kappa shape index (κ1) is 13.7. The van der Waals surface area contributed by atoms with Gasteiger partial charge in [-0.2, -0.15) is 13.2 Å². The van der Waals surface area contributed by atoms with Crippen LogP contribution in [0.1, 0.15) is 11.6 Å². The number of ether oxygens (including phenoxy) is 1. The molecule has 1 aromatic rings. The maximum absolute atomic E-state index is 12.9. The van der Waals surface area contributed by atoms with Gasteiger partial charge in [0.05, 0.1) is 13.2 Å². The Bertz CT molecular complexity index is 394. The van der Waals surface area contributed by atoms with E-state index in [-0.39, 0.29) is 11.3 Å². The second-order valence-electron chi connectivity index (χ2n) is 3.40. The van der Waals surface area contributed by atoms with E-state index in [0.29, 0.717) is 0 Å². The molecule has 0 radical (unpaired) electrons. The summed E-state index contributed by atoms with van der Waals surface area (Å²) in [7, 11) is 1.21. The number of rotatable bonds is 3. The number of halogens is 4. The second kappa shape index (κ2) is 4.89. The first-order valence-electron chi connectivity index (χ1n) is 4.61. The number of benzene rings is 1. The van der Waals surface area contributed by atoms with Gasteiger partial charge in [-0.05, 0) is 18.2 Å². The average Bonchev–Trinajstić information content (AvgIpc) is 2.25. The van der Waals surface area contributed by atoms with Gasteiger partial charge >= 0.3 is 6.18 Å². The van der Waals surface area contributed by atoms with Gasteiger partial charge in [-0.15, -0.1) is 0 Å². The summed E-state index contributed by atoms with van der Waals surface area (Å²) in [5.41, 5.74) is 5.01. The summed E-state index contributed by atoms with van der Waals surface area (Å²) >= 11 is 0. The SMILES string of the molecule is COc1ccc(F)cc1[C@@H](N)[C@@H](O)C(F)(F)F. The van der Waals surface area contributed by atoms with Gasteiger partial charge in [-0.25, -0.2) is 4.39 Å². The van der Waals surface area contributed by atoms with Crippen molar-refractivity contribution in [2.24, 2.45) is 5.73 Å². The van der Waals surface area contributed by atoms with Crippen LogP contribution >= 0.6 is 0 Å². The van der Waals surface area contributed by atoms with Crippen LogP contribution in [-0.4, -0.2) is 24.5 Å². The maximum Gasteiger partial charge on any atom is 0.416 e. The molecule has 2 atom stereocenters. The molecule has 0 aliphatic rings. The molecule has 3 N–H and O–H groups in total. The first-order chi connectivity index (χ1) is 7.77. The van der Waals surface area contributed by atoms with Crippen molar-refractivity contribution in [1.82, 2.24) is 0 Å². The highest BCUT2D eigenvalue weighted by Crippen LogP contribution is 2.33. The Labute approximate surface area is 94.8 Å². The minimum absolute atomic E-state index is 0.0119. The molecule has 17 heavy (non-hydrogen) atoms. The first-order valence-corrected chi connectivity index (χ1v) is 4.61. The van der Waals surface area contributed by atoms with E-state index in [9.17, 15) is 17.6 Å². The molecule has 0 spiro atoms. The molecule has 1 rings (SSSR count). The van der Waals surface area contributed by atoms with Gasteiger partial charge in [0.1, 0.15) is 11.6 Å². The van der Waals surface area contributed by atoms with E-state index in [2.05, 4.69) is 0 Å². The Morgan fingerprint density at radius 3 is 2.41 bits per heavy atom. The largest absolute Gasteiger partial charge is 0.496 e. The molecule has 96 valence electrons. The van der Waals surface area contributed by atoms with Crippen LogP contribution < -0.4 is 10.5 Å². The highest BCUT2D eigenvalue weighted by molar-refractivity contribution is 5.37. The normalized spacial score (nSPS) is 15.5. The van der Waals surface area contributed by atoms with E-state index in [1.807, 2.05) is 0 Å². The third-order valence-corrected chi connectivity index (χ3v) is 2.23. The van der Waals surface area contributed by atoms with Crippen molar-refractivity contribution in [2.45, 2.75) is 18.3 Å². The van der Waals surface area contributed by atoms with E-state index in [1.54, 1.807) is 0 Å². The minimum Gasteiger partial charge on any atom is -0.496 e. The zero-order chi connectivity index (χ0) is 13.2. The van der Waals surface area contributed by atoms with Crippen LogP contribution in [0.25, 0.3) is 0 Å². The number of aliphatic hydroxyl groups excluding tert-OH is 1. The number of methoxy groups -OCH3 is 1. The zero-order valence-electron chi connectivity index (χ0n) is 8.83. The molecule has 0 saturated heterocycles. The lowest BCUT2D eigenvalue weighted by atomic mass is 10.0. The van der Waals surface area contributed by atoms with Gasteiger partial charge in [-0.3, -0.25) is 0 Å². The molecule has 0 fully saturated rings. The molecule has 0 amide bonds. The van der Waals surface area contributed by atoms with E-state index in [4.69, 9.17) is 15.6 Å². The smallest absolute Gasteiger partial charge is 0.416 e. The summed E-state index contributed by atoms with van der Waals surface area (Å²) in [6.45, 7) is 0. The van der Waals surface area contributed by atoms with E-state index >= 15 is 0 Å². The zero-order valence-corrected chi connectivity index (χ0v) is 8.83. The van der Waals surface area contributed by atoms with Gasteiger partial charge in [-0.1, -0.05) is 0 Å². The lowest BCUT2D eigenvalue weighted by molar-refractivity contribution is -0.210. The standard InChI is InChI=1S/C10H11F4NO2/c1-17-7-3-2-5(11)4-6(7)8(15)9(16)10(12,13)14/h2-4,8-9,16H,15H2,1H3/t8-,9-/m1/s1. The molecule has 3 nitrogen and oxygen atoms in total. The van der Waals surface area contributed by atoms with Crippen LogP contribution in [0.2, 0.25) is 0 Å². The maximum atomic E-state index is 12.9. The van der Waals surface area contributed by atoms with Crippen LogP contribution in [0.4, 0.5) is 17.6 Å². The molecule has 7 heteroatoms. The van der Waals surface area contributed by atoms with Crippen LogP contribution in [0.15, 0.2) is 18.2 Å². The molecule has 0 saturated carbocycles. The summed E-state index contributed by atoms with van der Waals surface area (Å²) in [6, 6.07) is 1.17. The van der Waals surface area contributed by atoms with Gasteiger partial charge < -0.3 is 15.6 Å². The third-order valence-electron chi connectivity index (χ3n) is 2.23. The number of alkyl halides is 3. The lowest BCUT2D eigenvalue weighted by Crippen LogP contribution is -2.39. The van der Waals surface area contributed by atoms with Crippen LogP contribution in [0.3, 0.4) is 0 Å². The predicted molar refractivity (Wildman–Crippen MR) is 51.9 cm³/mol. The molecule has 0 heterocycles. The highest BCUT2D eigenvalue weighted by atomic mass is 19.4. The number of hydrogen-bond acceptors (Lipinski definition) is 3. The third kappa shape index (κ3) is 3.07. The lowest BCUT2D eigenvalue weighted by Gasteiger charge is -2.23. The van der Waals surface area contributed by atoms with Gasteiger partial charge in [0, 0.05) is 5.56 Å². The van der Waals surface area contributed by atoms with Gasteiger partial charge in [0.15, 0.2) is 6.10 Å². The summed E-state index contributed by atoms with van der Waals surface area (Å²) in [5, 5.41) is 8.99. The molecule has 0 unspecified atom stereocenters. The Balaban J connectivity index is 3.10. The molecule has 1 aromatic carbocycles. The quantitative estimate of drug-likeness (QED) is 0.807. The van der Waals surface area contributed by atoms with E-state index in [1.165, 1.54) is 7.11 Å². The number of nitrogens with two attached hydrogens (primary N) is 1. The summed E-state index contributed by atoms with van der Waals surface area (Å²) in [4.78, 5) is 0. The van der Waals surface area contributed by atoms with Crippen LogP contribution in [0.5, 0.6) is 5.75 Å². The van der Waals surface area contributed by atoms with Gasteiger partial charge in [0.25, 0.3) is 0 Å². The Hall–Kier alpha value is -1.34. The fourth-order valence-corrected chi connectivity index (χ4v) is 1.34. The van der Waals surface area contributed by atoms with Crippen LogP contribution in [-0.2, 0) is 0 Å². The second-order valence-corrected chi connectivity index (χ2v) is 3.40. The molecule has 0 bridgehead atoms. The van der Waals surface area contributed by atoms with Crippen molar-refractivity contribution in [3.05, 3.63) is 29.6 Å². The number of aliphatic hydroxyl groups is 1. The van der Waals surface area contributed by atoms with E-state index < -0.39 is 24.1 Å². The summed E-state index contributed by atoms with van der Waals surface area (Å²) in [6.07, 6.45) is -7.66. The van der Waals surface area contributed by atoms with Crippen molar-refractivity contribution in [3.63, 3.8) is 0 Å². The molecular weight excluding hydrogens is 242 g/mol.